The fraction of sp³-hybridized carbons (Fsp3) is 0.461. The molecule has 6 aromatic carbocycles. The molecule has 0 saturated carbocycles. The van der Waals surface area contributed by atoms with Gasteiger partial charge in [-0.1, -0.05) is 145 Å². The van der Waals surface area contributed by atoms with E-state index in [-0.39, 0.29) is 73.4 Å². The Bertz CT molecular complexity index is 4060. The van der Waals surface area contributed by atoms with Crippen molar-refractivity contribution in [2.45, 2.75) is 186 Å². The number of pyridine rings is 1. The highest BCUT2D eigenvalue weighted by Gasteiger charge is 2.62. The number of carboxylic acids is 5. The second-order valence-corrected chi connectivity index (χ2v) is 31.4. The molecule has 7 aliphatic heterocycles. The van der Waals surface area contributed by atoms with Crippen LogP contribution in [0.2, 0.25) is 5.02 Å². The van der Waals surface area contributed by atoms with E-state index in [9.17, 15) is 64.8 Å². The lowest BCUT2D eigenvalue weighted by Gasteiger charge is -2.39. The number of phenolic OH excluding ortho intramolecular Hbond substituents is 1. The summed E-state index contributed by atoms with van der Waals surface area (Å²) in [5.74, 6) is -5.96. The molecule has 14 rings (SSSR count). The lowest BCUT2D eigenvalue weighted by atomic mass is 9.80. The van der Waals surface area contributed by atoms with E-state index < -0.39 is 59.8 Å². The number of carboxylic acid groups (broad SMARTS) is 5. The number of morpholine rings is 1. The maximum atomic E-state index is 11.4. The van der Waals surface area contributed by atoms with Gasteiger partial charge in [-0.25, -0.2) is 9.59 Å². The Balaban J connectivity index is 0.000000248. The monoisotopic (exact) mass is 1740 g/mol. The number of benzene rings is 6. The summed E-state index contributed by atoms with van der Waals surface area (Å²) in [6.45, 7) is 2.25. The minimum absolute atomic E-state index is 0. The highest BCUT2D eigenvalue weighted by molar-refractivity contribution is 6.30. The Morgan fingerprint density at radius 1 is 0.556 bits per heavy atom. The van der Waals surface area contributed by atoms with Gasteiger partial charge in [-0.2, -0.15) is 0 Å². The molecule has 28 heteroatoms. The molecule has 7 fully saturated rings. The number of nitrogens with two attached hydrogens (primary N) is 1. The van der Waals surface area contributed by atoms with Crippen molar-refractivity contribution in [2.75, 3.05) is 75.2 Å². The number of halogens is 4. The first-order valence-electron chi connectivity index (χ1n) is 39.2. The molecule has 0 radical (unpaired) electrons. The van der Waals surface area contributed by atoms with Crippen LogP contribution < -0.4 is 52.8 Å². The van der Waals surface area contributed by atoms with Crippen LogP contribution in [0, 0.1) is 0 Å². The molecule has 24 nitrogen and oxygen atoms in total. The second kappa shape index (κ2) is 49.1. The molecular weight excluding hydrogens is 1630 g/mol. The van der Waals surface area contributed by atoms with E-state index in [1.54, 1.807) is 38.2 Å². The summed E-state index contributed by atoms with van der Waals surface area (Å²) >= 11 is 5.97. The Hall–Kier alpha value is -7.77. The molecule has 7 aliphatic rings. The standard InChI is InChI=1S/C17H21NO4.2C17H23NO3.C16H19ClN2.C9H13NO2.C9H13NO.C4H4O4.BrH.2ClH/c1-18-13-6-9(7-14(18)16-15(13)22-16)10-4-2-3-5-11(10)12(8-19)17(20)21;2*1-18-14-5-6-15(18)9-13(8-14)11-3-2-4-12(7-11)16(10-19)17(20)21;1-19(2)12-10-15(16-5-3-4-11-18-16)13-6-8-14(17)9-7-13;1-10-6-9(12)7-3-2-4-8(11)5-7;1-7(10)9(11)8-5-3-2-4-6-8;5-3(6)1-2-4(7)8;;;/h2-5,9,12-16,19H,6-8H2,1H3,(H,20,21);2*2-4,7,13-16,19H,5-6,8-10H2,1H3,(H,20,21);3-9,11,15H,10,12H2,1-2H3;2-5,9-12H,6H2,1H3;2-7,9,11H,10H2,1H3;1-2H,(H,5,6)(H,7,8);3*1H/p-3/b;;;;;;2-1+;;;/t9?,12?,13-,14-,15-,16+;;;;9-;7-,9?;;;;/m1...01..../s1. The summed E-state index contributed by atoms with van der Waals surface area (Å²) < 4.78 is 5.74. The van der Waals surface area contributed by atoms with Gasteiger partial charge in [0.1, 0.15) is 35.7 Å². The van der Waals surface area contributed by atoms with E-state index in [2.05, 4.69) is 95.5 Å². The van der Waals surface area contributed by atoms with E-state index >= 15 is 0 Å². The molecule has 14 N–H and O–H groups in total. The number of aliphatic carboxylic acids is 5. The number of carbonyl (C=O) groups is 5. The van der Waals surface area contributed by atoms with Crippen molar-refractivity contribution >= 4 is 41.4 Å². The highest BCUT2D eigenvalue weighted by Crippen LogP contribution is 2.52. The first-order chi connectivity index (χ1) is 54.5. The van der Waals surface area contributed by atoms with E-state index in [4.69, 9.17) is 37.4 Å². The molecule has 16 atom stereocenters. The Labute approximate surface area is 715 Å². The number of aromatic nitrogens is 1. The topological polar surface area (TPSA) is 384 Å². The third kappa shape index (κ3) is 28.7. The number of likely N-dealkylation sites (N-methyl/N-ethyl adjacent to an activating group) is 2. The quantitative estimate of drug-likeness (QED) is 0.0303. The van der Waals surface area contributed by atoms with Crippen LogP contribution in [0.1, 0.15) is 187 Å². The maximum absolute atomic E-state index is 11.4. The molecule has 7 aromatic rings. The Morgan fingerprint density at radius 2 is 1.00 bits per heavy atom. The van der Waals surface area contributed by atoms with Gasteiger partial charge in [0.15, 0.2) is 0 Å². The smallest absolute Gasteiger partial charge is 0.328 e. The predicted molar refractivity (Wildman–Crippen MR) is 438 cm³/mol. The number of nitrogens with one attached hydrogen (secondary N) is 1. The first kappa shape index (κ1) is 99.8. The normalized spacial score (nSPS) is 23.5. The van der Waals surface area contributed by atoms with Crippen molar-refractivity contribution < 1.29 is 127 Å². The van der Waals surface area contributed by atoms with Gasteiger partial charge >= 0.3 is 29.8 Å². The van der Waals surface area contributed by atoms with Crippen molar-refractivity contribution in [3.63, 3.8) is 0 Å². The van der Waals surface area contributed by atoms with Gasteiger partial charge in [-0.3, -0.25) is 24.3 Å². The SMILES string of the molecule is CN(C)CCC(c1ccc(Cl)cc1)c1ccccn1.CN1C2CCC1CC(c1cccc(C(CO)C(=O)O)c1)C2.CN1C2CCC1CC(c1cccc(C(CO)C(=O)O)c1)C2.CN1[C@@H]2CC(c3ccccc3C(CO)C(=O)O)C[C@@H]1[C@H]1O[C@H]12.CNC[C@H](O)c1cccc(O)c1.C[C@@H](N)C(O)c1ccccc1.O=C(O)/C=C/C(=O)O.[Br-].[Cl-].[Cl-]. The number of hydrogen-bond donors (Lipinski definition) is 13. The van der Waals surface area contributed by atoms with Crippen LogP contribution in [0.4, 0.5) is 0 Å². The zero-order chi connectivity index (χ0) is 82.9. The zero-order valence-electron chi connectivity index (χ0n) is 67.3. The average Bonchev–Trinajstić information content (AvgIpc) is 1.55. The van der Waals surface area contributed by atoms with E-state index in [0.717, 1.165) is 84.5 Å². The van der Waals surface area contributed by atoms with Gasteiger partial charge in [0.2, 0.25) is 0 Å². The average molecular weight is 1740 g/mol. The molecule has 0 aliphatic carbocycles. The van der Waals surface area contributed by atoms with Gasteiger partial charge in [0.05, 0.1) is 32.0 Å². The third-order valence-corrected chi connectivity index (χ3v) is 23.5. The zero-order valence-corrected chi connectivity index (χ0v) is 71.2. The number of rotatable bonds is 24. The molecule has 8 heterocycles. The summed E-state index contributed by atoms with van der Waals surface area (Å²) in [5.41, 5.74) is 15.3. The van der Waals surface area contributed by atoms with Crippen molar-refractivity contribution in [3.8, 4) is 5.75 Å². The molecule has 1 aromatic heterocycles. The van der Waals surface area contributed by atoms with Crippen molar-refractivity contribution in [2.24, 2.45) is 5.73 Å². The van der Waals surface area contributed by atoms with Crippen LogP contribution >= 0.6 is 11.6 Å². The van der Waals surface area contributed by atoms with E-state index in [1.807, 2.05) is 121 Å². The number of ether oxygens (including phenoxy) is 1. The van der Waals surface area contributed by atoms with Crippen LogP contribution in [-0.2, 0) is 28.7 Å². The summed E-state index contributed by atoms with van der Waals surface area (Å²) in [7, 11) is 12.6. The number of phenols is 1. The molecule has 640 valence electrons. The first-order valence-corrected chi connectivity index (χ1v) is 39.6. The number of aromatic hydroxyl groups is 1. The Kier molecular flexibility index (Phi) is 41.9. The fourth-order valence-electron chi connectivity index (χ4n) is 16.9. The molecule has 0 amide bonds. The maximum Gasteiger partial charge on any atom is 0.328 e. The molecular formula is C89H116BrCl3N7O17-3. The molecule has 117 heavy (non-hydrogen) atoms. The fourth-order valence-corrected chi connectivity index (χ4v) is 17.0. The van der Waals surface area contributed by atoms with Gasteiger partial charge < -0.3 is 128 Å². The number of epoxide rings is 1. The van der Waals surface area contributed by atoms with Gasteiger partial charge in [0.25, 0.3) is 0 Å². The summed E-state index contributed by atoms with van der Waals surface area (Å²) in [4.78, 5) is 67.1. The lowest BCUT2D eigenvalue weighted by Crippen LogP contribution is -3.00. The van der Waals surface area contributed by atoms with Crippen LogP contribution in [0.5, 0.6) is 5.75 Å². The van der Waals surface area contributed by atoms with Crippen molar-refractivity contribution in [1.29, 1.82) is 0 Å². The number of aliphatic hydroxyl groups excluding tert-OH is 5. The number of nitrogens with zero attached hydrogens (tertiary/aromatic N) is 5. The number of hydrogen-bond acceptors (Lipinski definition) is 19. The largest absolute Gasteiger partial charge is 1.00 e. The van der Waals surface area contributed by atoms with Crippen LogP contribution in [0.15, 0.2) is 188 Å². The lowest BCUT2D eigenvalue weighted by molar-refractivity contribution is -0.140. The minimum atomic E-state index is -1.26. The summed E-state index contributed by atoms with van der Waals surface area (Å²) in [6.07, 6.45) is 15.4. The Morgan fingerprint density at radius 3 is 1.42 bits per heavy atom. The van der Waals surface area contributed by atoms with Gasteiger partial charge in [-0.05, 0) is 231 Å². The second-order valence-electron chi connectivity index (χ2n) is 31.0. The summed E-state index contributed by atoms with van der Waals surface area (Å²) in [5, 5.41) is 103. The summed E-state index contributed by atoms with van der Waals surface area (Å²) in [6, 6.07) is 57.0. The van der Waals surface area contributed by atoms with Crippen molar-refractivity contribution in [1.82, 2.24) is 29.9 Å². The van der Waals surface area contributed by atoms with Crippen LogP contribution in [0.3, 0.4) is 0 Å². The third-order valence-electron chi connectivity index (χ3n) is 23.3. The molecule has 10 unspecified atom stereocenters. The molecule has 7 saturated heterocycles. The molecule has 0 spiro atoms. The minimum Gasteiger partial charge on any atom is -1.00 e. The van der Waals surface area contributed by atoms with Crippen LogP contribution in [-0.4, -0.2) is 240 Å². The van der Waals surface area contributed by atoms with Gasteiger partial charge in [0, 0.05) is 83.8 Å². The highest BCUT2D eigenvalue weighted by atomic mass is 79.9. The number of aliphatic hydroxyl groups is 5. The number of piperidine rings is 3. The number of fused-ring (bicyclic) bond motifs is 9. The van der Waals surface area contributed by atoms with E-state index in [0.29, 0.717) is 102 Å². The van der Waals surface area contributed by atoms with Crippen molar-refractivity contribution in [3.05, 3.63) is 249 Å². The molecule has 6 bridgehead atoms. The predicted octanol–water partition coefficient (Wildman–Crippen LogP) is 1.80. The van der Waals surface area contributed by atoms with E-state index in [1.165, 1.54) is 42.4 Å². The van der Waals surface area contributed by atoms with Crippen LogP contribution in [0.25, 0.3) is 0 Å². The van der Waals surface area contributed by atoms with Gasteiger partial charge in [-0.15, -0.1) is 0 Å².